The smallest absolute Gasteiger partial charge is 0.0612 e. The van der Waals surface area contributed by atoms with Crippen molar-refractivity contribution in [2.45, 2.75) is 87.4 Å². The van der Waals surface area contributed by atoms with Crippen molar-refractivity contribution >= 4 is 26.5 Å². The molecule has 0 bridgehead atoms. The Morgan fingerprint density at radius 1 is 1.03 bits per heavy atom. The van der Waals surface area contributed by atoms with Crippen LogP contribution in [0.5, 0.6) is 0 Å². The Balaban J connectivity index is 1.36. The van der Waals surface area contributed by atoms with Gasteiger partial charge in [-0.3, -0.25) is 4.98 Å². The third kappa shape index (κ3) is 8.31. The minimum Gasteiger partial charge on any atom is -0.380 e. The number of benzene rings is 1. The van der Waals surface area contributed by atoms with Gasteiger partial charge in [0.15, 0.2) is 0 Å². The van der Waals surface area contributed by atoms with E-state index in [-0.39, 0.29) is 9.52 Å². The zero-order chi connectivity index (χ0) is 24.3. The molecule has 1 unspecified atom stereocenters. The summed E-state index contributed by atoms with van der Waals surface area (Å²) in [7, 11) is -0.293. The molecular weight excluding hydrogens is 466 g/mol. The number of aromatic nitrogens is 1. The van der Waals surface area contributed by atoms with Crippen molar-refractivity contribution in [1.82, 2.24) is 4.98 Å². The van der Waals surface area contributed by atoms with Crippen LogP contribution in [0.3, 0.4) is 0 Å². The molecule has 0 radical (unpaired) electrons. The monoisotopic (exact) mass is 509 g/mol. The van der Waals surface area contributed by atoms with Gasteiger partial charge in [0.1, 0.15) is 0 Å². The van der Waals surface area contributed by atoms with Gasteiger partial charge in [0.2, 0.25) is 0 Å². The van der Waals surface area contributed by atoms with Crippen molar-refractivity contribution in [3.8, 4) is 0 Å². The van der Waals surface area contributed by atoms with Gasteiger partial charge in [-0.25, -0.2) is 0 Å². The average molecular weight is 510 g/mol. The summed E-state index contributed by atoms with van der Waals surface area (Å²) in [5, 5.41) is 2.57. The van der Waals surface area contributed by atoms with Gasteiger partial charge >= 0.3 is 0 Å². The van der Waals surface area contributed by atoms with Crippen LogP contribution >= 0.6 is 11.8 Å². The highest BCUT2D eigenvalue weighted by atomic mass is 32.2. The molecule has 2 aromatic rings. The molecule has 1 fully saturated rings. The molecule has 3 nitrogen and oxygen atoms in total. The van der Waals surface area contributed by atoms with Crippen molar-refractivity contribution in [3.05, 3.63) is 71.6 Å². The van der Waals surface area contributed by atoms with Crippen LogP contribution in [-0.4, -0.2) is 45.7 Å². The second-order valence-corrected chi connectivity index (χ2v) is 14.0. The first-order chi connectivity index (χ1) is 17.2. The number of pyridine rings is 1. The zero-order valence-corrected chi connectivity index (χ0v) is 23.9. The van der Waals surface area contributed by atoms with E-state index in [2.05, 4.69) is 73.1 Å². The summed E-state index contributed by atoms with van der Waals surface area (Å²) in [6.07, 6.45) is 14.1. The number of rotatable bonds is 13. The maximum atomic E-state index is 6.35. The Morgan fingerprint density at radius 3 is 2.74 bits per heavy atom. The molecule has 3 heterocycles. The first kappa shape index (κ1) is 26.7. The molecule has 0 amide bonds. The highest BCUT2D eigenvalue weighted by Gasteiger charge is 2.31. The zero-order valence-electron chi connectivity index (χ0n) is 21.7. The van der Waals surface area contributed by atoms with Crippen LogP contribution in [0.4, 0.5) is 0 Å². The van der Waals surface area contributed by atoms with Gasteiger partial charge < -0.3 is 9.47 Å². The fourth-order valence-corrected chi connectivity index (χ4v) is 9.02. The lowest BCUT2D eigenvalue weighted by molar-refractivity contribution is 0.0283. The number of thioether (sulfide) groups is 1. The molecule has 0 N–H and O–H groups in total. The summed E-state index contributed by atoms with van der Waals surface area (Å²) in [5.41, 5.74) is 5.00. The molecule has 35 heavy (non-hydrogen) atoms. The van der Waals surface area contributed by atoms with E-state index in [1.165, 1.54) is 42.5 Å². The lowest BCUT2D eigenvalue weighted by Gasteiger charge is -2.35. The van der Waals surface area contributed by atoms with E-state index in [9.17, 15) is 0 Å². The SMILES string of the molecule is CCCCOC[C@@H]1C[C@H](OCCCC)C[C@H](c2cccc(CC3CC=C(c4ccccn4)[SiH2]3)c2)S1. The lowest BCUT2D eigenvalue weighted by Crippen LogP contribution is -2.30. The molecule has 1 aromatic carbocycles. The standard InChI is InChI=1S/C30H43NO2SSi/c1-3-5-16-32-22-26-20-25(33-17-6-4-2)21-29(34-26)24-11-9-10-23(18-24)19-27-13-14-30(35-27)28-12-7-8-15-31-28/h7-12,14-15,18,25-27,29H,3-6,13,16-17,19-22,35H2,1-2H3/t25-,26-,27?,29+/m0/s1. The lowest BCUT2D eigenvalue weighted by atomic mass is 9.98. The average Bonchev–Trinajstić information content (AvgIpc) is 3.36. The summed E-state index contributed by atoms with van der Waals surface area (Å²) in [5.74, 6) is 0. The molecule has 2 aliphatic rings. The number of unbranched alkanes of at least 4 members (excludes halogenated alkanes) is 2. The second kappa shape index (κ2) is 14.4. The maximum Gasteiger partial charge on any atom is 0.0612 e. The molecule has 4 rings (SSSR count). The molecule has 4 atom stereocenters. The summed E-state index contributed by atoms with van der Waals surface area (Å²) in [6, 6.07) is 15.7. The Labute approximate surface area is 219 Å². The van der Waals surface area contributed by atoms with E-state index in [4.69, 9.17) is 9.47 Å². The normalized spacial score (nSPS) is 25.1. The molecule has 1 aromatic heterocycles. The second-order valence-electron chi connectivity index (χ2n) is 10.2. The molecule has 1 saturated heterocycles. The molecular formula is C30H43NO2SSi. The maximum absolute atomic E-state index is 6.35. The minimum absolute atomic E-state index is 0.293. The van der Waals surface area contributed by atoms with E-state index < -0.39 is 0 Å². The molecule has 190 valence electrons. The van der Waals surface area contributed by atoms with E-state index in [0.29, 0.717) is 16.6 Å². The van der Waals surface area contributed by atoms with E-state index >= 15 is 0 Å². The van der Waals surface area contributed by atoms with E-state index in [1.54, 1.807) is 5.20 Å². The van der Waals surface area contributed by atoms with Crippen molar-refractivity contribution in [2.75, 3.05) is 19.8 Å². The van der Waals surface area contributed by atoms with Gasteiger partial charge in [-0.1, -0.05) is 63.1 Å². The molecule has 0 saturated carbocycles. The molecule has 0 spiro atoms. The Morgan fingerprint density at radius 2 is 1.91 bits per heavy atom. The van der Waals surface area contributed by atoms with Crippen LogP contribution in [0.25, 0.3) is 5.20 Å². The number of ether oxygens (including phenoxy) is 2. The largest absolute Gasteiger partial charge is 0.380 e. The molecule has 0 aliphatic carbocycles. The topological polar surface area (TPSA) is 31.4 Å². The van der Waals surface area contributed by atoms with Crippen molar-refractivity contribution < 1.29 is 9.47 Å². The van der Waals surface area contributed by atoms with Gasteiger partial charge in [0.05, 0.1) is 27.9 Å². The fourth-order valence-electron chi connectivity index (χ4n) is 5.24. The highest BCUT2D eigenvalue weighted by Crippen LogP contribution is 2.44. The number of allylic oxidation sites excluding steroid dienone is 1. The van der Waals surface area contributed by atoms with Gasteiger partial charge in [0.25, 0.3) is 0 Å². The quantitative estimate of drug-likeness (QED) is 0.216. The van der Waals surface area contributed by atoms with Crippen LogP contribution in [-0.2, 0) is 15.9 Å². The van der Waals surface area contributed by atoms with Crippen molar-refractivity contribution in [3.63, 3.8) is 0 Å². The van der Waals surface area contributed by atoms with Crippen LogP contribution in [0.2, 0.25) is 5.54 Å². The van der Waals surface area contributed by atoms with E-state index in [1.807, 2.05) is 12.3 Å². The summed E-state index contributed by atoms with van der Waals surface area (Å²) in [6.45, 7) is 7.09. The first-order valence-electron chi connectivity index (χ1n) is 13.8. The van der Waals surface area contributed by atoms with Crippen molar-refractivity contribution in [1.29, 1.82) is 0 Å². The predicted molar refractivity (Wildman–Crippen MR) is 153 cm³/mol. The highest BCUT2D eigenvalue weighted by molar-refractivity contribution is 8.00. The Kier molecular flexibility index (Phi) is 10.9. The Hall–Kier alpha value is -1.40. The van der Waals surface area contributed by atoms with Gasteiger partial charge in [-0.05, 0) is 72.5 Å². The number of hydrogen-bond donors (Lipinski definition) is 0. The summed E-state index contributed by atoms with van der Waals surface area (Å²) in [4.78, 5) is 4.59. The minimum atomic E-state index is -0.293. The first-order valence-corrected chi connectivity index (χ1v) is 16.3. The van der Waals surface area contributed by atoms with Gasteiger partial charge in [-0.2, -0.15) is 0 Å². The van der Waals surface area contributed by atoms with Gasteiger partial charge in [0, 0.05) is 29.9 Å². The summed E-state index contributed by atoms with van der Waals surface area (Å²) < 4.78 is 12.4. The predicted octanol–water partition coefficient (Wildman–Crippen LogP) is 6.96. The Bertz CT molecular complexity index is 922. The van der Waals surface area contributed by atoms with Crippen LogP contribution in [0.15, 0.2) is 54.7 Å². The van der Waals surface area contributed by atoms with Crippen molar-refractivity contribution in [2.24, 2.45) is 0 Å². The fraction of sp³-hybridized carbons (Fsp3) is 0.567. The summed E-state index contributed by atoms with van der Waals surface area (Å²) >= 11 is 2.12. The third-order valence-corrected chi connectivity index (χ3v) is 11.0. The third-order valence-electron chi connectivity index (χ3n) is 7.20. The number of nitrogens with zero attached hydrogens (tertiary/aromatic N) is 1. The van der Waals surface area contributed by atoms with Crippen LogP contribution in [0, 0.1) is 0 Å². The number of hydrogen-bond acceptors (Lipinski definition) is 4. The van der Waals surface area contributed by atoms with Crippen LogP contribution < -0.4 is 0 Å². The molecule has 5 heteroatoms. The van der Waals surface area contributed by atoms with E-state index in [0.717, 1.165) is 51.0 Å². The van der Waals surface area contributed by atoms with Gasteiger partial charge in [-0.15, -0.1) is 11.8 Å². The molecule has 2 aliphatic heterocycles. The van der Waals surface area contributed by atoms with Crippen LogP contribution in [0.1, 0.15) is 80.9 Å².